The van der Waals surface area contributed by atoms with Gasteiger partial charge in [-0.2, -0.15) is 4.39 Å². The van der Waals surface area contributed by atoms with Crippen LogP contribution in [0.1, 0.15) is 11.1 Å². The number of rotatable bonds is 1. The zero-order chi connectivity index (χ0) is 9.42. The van der Waals surface area contributed by atoms with Gasteiger partial charge in [-0.25, -0.2) is 0 Å². The maximum absolute atomic E-state index is 13.0. The van der Waals surface area contributed by atoms with Crippen LogP contribution >= 0.6 is 0 Å². The number of nitrogens with one attached hydrogen (secondary N) is 1. The lowest BCUT2D eigenvalue weighted by atomic mass is 10.1. The summed E-state index contributed by atoms with van der Waals surface area (Å²) in [6, 6.07) is 2.53. The van der Waals surface area contributed by atoms with E-state index in [1.165, 1.54) is 12.1 Å². The van der Waals surface area contributed by atoms with E-state index in [0.29, 0.717) is 13.1 Å². The summed E-state index contributed by atoms with van der Waals surface area (Å²) in [7, 11) is 0. The molecule has 4 nitrogen and oxygen atoms in total. The molecule has 68 valence electrons. The predicted octanol–water partition coefficient (Wildman–Crippen LogP) is 1.34. The van der Waals surface area contributed by atoms with Crippen molar-refractivity contribution in [2.45, 2.75) is 13.1 Å². The molecule has 0 spiro atoms. The maximum atomic E-state index is 13.0. The van der Waals surface area contributed by atoms with E-state index in [1.807, 2.05) is 0 Å². The van der Waals surface area contributed by atoms with Gasteiger partial charge in [0.25, 0.3) is 0 Å². The van der Waals surface area contributed by atoms with Crippen molar-refractivity contribution in [2.24, 2.45) is 0 Å². The van der Waals surface area contributed by atoms with Crippen LogP contribution in [0.15, 0.2) is 12.1 Å². The van der Waals surface area contributed by atoms with E-state index < -0.39 is 16.4 Å². The Morgan fingerprint density at radius 1 is 1.38 bits per heavy atom. The van der Waals surface area contributed by atoms with Gasteiger partial charge in [-0.3, -0.25) is 10.1 Å². The molecule has 1 aromatic rings. The fourth-order valence-corrected chi connectivity index (χ4v) is 1.45. The third-order valence-electron chi connectivity index (χ3n) is 2.10. The lowest BCUT2D eigenvalue weighted by Gasteiger charge is -1.98. The molecule has 0 bridgehead atoms. The minimum atomic E-state index is -0.757. The maximum Gasteiger partial charge on any atom is 0.305 e. The van der Waals surface area contributed by atoms with Crippen LogP contribution in [0.4, 0.5) is 10.1 Å². The Morgan fingerprint density at radius 2 is 2.00 bits per heavy atom. The Morgan fingerprint density at radius 3 is 2.62 bits per heavy atom. The molecule has 1 aliphatic heterocycles. The first-order valence-corrected chi connectivity index (χ1v) is 3.85. The first-order valence-electron chi connectivity index (χ1n) is 3.85. The standard InChI is InChI=1S/C8H7FN2O2/c9-7-1-5-3-10-4-6(5)2-8(7)11(12)13/h1-2,10H,3-4H2. The van der Waals surface area contributed by atoms with E-state index in [-0.39, 0.29) is 0 Å². The molecule has 1 aromatic carbocycles. The quantitative estimate of drug-likeness (QED) is 0.526. The van der Waals surface area contributed by atoms with E-state index in [4.69, 9.17) is 0 Å². The molecule has 1 aliphatic rings. The molecule has 0 saturated carbocycles. The van der Waals surface area contributed by atoms with Gasteiger partial charge in [0, 0.05) is 19.2 Å². The molecular formula is C8H7FN2O2. The highest BCUT2D eigenvalue weighted by Crippen LogP contribution is 2.24. The minimum Gasteiger partial charge on any atom is -0.309 e. The smallest absolute Gasteiger partial charge is 0.305 e. The second-order valence-corrected chi connectivity index (χ2v) is 2.93. The van der Waals surface area contributed by atoms with Crippen molar-refractivity contribution in [3.63, 3.8) is 0 Å². The van der Waals surface area contributed by atoms with Gasteiger partial charge in [-0.05, 0) is 17.2 Å². The Kier molecular flexibility index (Phi) is 1.73. The largest absolute Gasteiger partial charge is 0.309 e. The summed E-state index contributed by atoms with van der Waals surface area (Å²) in [5, 5.41) is 13.4. The molecule has 0 radical (unpaired) electrons. The van der Waals surface area contributed by atoms with Crippen LogP contribution in [0.3, 0.4) is 0 Å². The first-order chi connectivity index (χ1) is 6.18. The van der Waals surface area contributed by atoms with E-state index in [1.54, 1.807) is 0 Å². The molecule has 0 amide bonds. The van der Waals surface area contributed by atoms with Crippen molar-refractivity contribution < 1.29 is 9.31 Å². The van der Waals surface area contributed by atoms with Crippen LogP contribution in [0, 0.1) is 15.9 Å². The third-order valence-corrected chi connectivity index (χ3v) is 2.10. The molecule has 0 fully saturated rings. The number of fused-ring (bicyclic) bond motifs is 1. The molecule has 5 heteroatoms. The fraction of sp³-hybridized carbons (Fsp3) is 0.250. The summed E-state index contributed by atoms with van der Waals surface area (Å²) in [6.45, 7) is 1.17. The third kappa shape index (κ3) is 1.27. The summed E-state index contributed by atoms with van der Waals surface area (Å²) in [5.41, 5.74) is 1.18. The van der Waals surface area contributed by atoms with Gasteiger partial charge in [0.1, 0.15) is 0 Å². The monoisotopic (exact) mass is 182 g/mol. The van der Waals surface area contributed by atoms with Gasteiger partial charge in [0.2, 0.25) is 5.82 Å². The lowest BCUT2D eigenvalue weighted by molar-refractivity contribution is -0.387. The molecule has 13 heavy (non-hydrogen) atoms. The number of nitrogens with zero attached hydrogens (tertiary/aromatic N) is 1. The Balaban J connectivity index is 2.55. The number of hydrogen-bond donors (Lipinski definition) is 1. The van der Waals surface area contributed by atoms with E-state index in [9.17, 15) is 14.5 Å². The van der Waals surface area contributed by atoms with Gasteiger partial charge >= 0.3 is 5.69 Å². The van der Waals surface area contributed by atoms with Crippen molar-refractivity contribution in [1.29, 1.82) is 0 Å². The topological polar surface area (TPSA) is 55.2 Å². The SMILES string of the molecule is O=[N+]([O-])c1cc2c(cc1F)CNC2. The average Bonchev–Trinajstić information content (AvgIpc) is 2.48. The summed E-state index contributed by atoms with van der Waals surface area (Å²) in [5.74, 6) is -0.757. The van der Waals surface area contributed by atoms with Crippen molar-refractivity contribution in [3.05, 3.63) is 39.2 Å². The fourth-order valence-electron chi connectivity index (χ4n) is 1.45. The summed E-state index contributed by atoms with van der Waals surface area (Å²) in [4.78, 5) is 9.67. The zero-order valence-electron chi connectivity index (χ0n) is 6.71. The Bertz CT molecular complexity index is 379. The molecule has 1 heterocycles. The molecular weight excluding hydrogens is 175 g/mol. The van der Waals surface area contributed by atoms with E-state index in [2.05, 4.69) is 5.32 Å². The number of benzene rings is 1. The molecule has 2 rings (SSSR count). The van der Waals surface area contributed by atoms with Gasteiger partial charge in [-0.1, -0.05) is 0 Å². The van der Waals surface area contributed by atoms with Gasteiger partial charge < -0.3 is 5.32 Å². The van der Waals surface area contributed by atoms with Crippen LogP contribution in [0.25, 0.3) is 0 Å². The predicted molar refractivity (Wildman–Crippen MR) is 43.6 cm³/mol. The lowest BCUT2D eigenvalue weighted by Crippen LogP contribution is -1.99. The van der Waals surface area contributed by atoms with E-state index in [0.717, 1.165) is 11.1 Å². The van der Waals surface area contributed by atoms with Crippen molar-refractivity contribution >= 4 is 5.69 Å². The number of nitro benzene ring substituents is 1. The number of hydrogen-bond acceptors (Lipinski definition) is 3. The van der Waals surface area contributed by atoms with Crippen LogP contribution in [0.2, 0.25) is 0 Å². The summed E-state index contributed by atoms with van der Waals surface area (Å²) >= 11 is 0. The zero-order valence-corrected chi connectivity index (χ0v) is 6.71. The number of nitro groups is 1. The molecule has 0 atom stereocenters. The molecule has 0 aliphatic carbocycles. The van der Waals surface area contributed by atoms with Crippen LogP contribution in [-0.2, 0) is 13.1 Å². The number of halogens is 1. The van der Waals surface area contributed by atoms with Crippen LogP contribution < -0.4 is 5.32 Å². The highest BCUT2D eigenvalue weighted by Gasteiger charge is 2.20. The van der Waals surface area contributed by atoms with Crippen molar-refractivity contribution in [1.82, 2.24) is 5.32 Å². The normalized spacial score (nSPS) is 14.2. The Labute approximate surface area is 73.5 Å². The highest BCUT2D eigenvalue weighted by molar-refractivity contribution is 5.42. The molecule has 1 N–H and O–H groups in total. The summed E-state index contributed by atoms with van der Waals surface area (Å²) in [6.07, 6.45) is 0. The highest BCUT2D eigenvalue weighted by atomic mass is 19.1. The Hall–Kier alpha value is -1.49. The second-order valence-electron chi connectivity index (χ2n) is 2.93. The van der Waals surface area contributed by atoms with Crippen molar-refractivity contribution in [3.8, 4) is 0 Å². The summed E-state index contributed by atoms with van der Waals surface area (Å²) < 4.78 is 13.0. The van der Waals surface area contributed by atoms with Gasteiger partial charge in [0.15, 0.2) is 0 Å². The van der Waals surface area contributed by atoms with Crippen LogP contribution in [0.5, 0.6) is 0 Å². The average molecular weight is 182 g/mol. The molecule has 0 unspecified atom stereocenters. The van der Waals surface area contributed by atoms with E-state index >= 15 is 0 Å². The second kappa shape index (κ2) is 2.77. The molecule has 0 aromatic heterocycles. The minimum absolute atomic E-state index is 0.442. The van der Waals surface area contributed by atoms with Gasteiger partial charge in [-0.15, -0.1) is 0 Å². The van der Waals surface area contributed by atoms with Gasteiger partial charge in [0.05, 0.1) is 4.92 Å². The van der Waals surface area contributed by atoms with Crippen molar-refractivity contribution in [2.75, 3.05) is 0 Å². The van der Waals surface area contributed by atoms with Crippen LogP contribution in [-0.4, -0.2) is 4.92 Å². The first kappa shape index (κ1) is 8.12. The molecule has 0 saturated heterocycles.